The molecular weight excluding hydrogens is 260 g/mol. The second-order valence-electron chi connectivity index (χ2n) is 3.82. The van der Waals surface area contributed by atoms with Crippen molar-refractivity contribution in [1.82, 2.24) is 0 Å². The van der Waals surface area contributed by atoms with Gasteiger partial charge in [-0.2, -0.15) is 0 Å². The number of hydrogen-bond acceptors (Lipinski definition) is 2. The van der Waals surface area contributed by atoms with E-state index >= 15 is 0 Å². The van der Waals surface area contributed by atoms with Crippen LogP contribution in [0.15, 0.2) is 6.07 Å². The van der Waals surface area contributed by atoms with Crippen molar-refractivity contribution in [3.05, 3.63) is 21.4 Å². The van der Waals surface area contributed by atoms with Gasteiger partial charge in [0.2, 0.25) is 0 Å². The standard InChI is InChI=1S/C11H15BrOS/c1-7-6-9(8(2)14-7)11(12)10-4-3-5-13-10/h6,10-11H,3-5H2,1-2H3. The largest absolute Gasteiger partial charge is 0.377 e. The summed E-state index contributed by atoms with van der Waals surface area (Å²) in [5.41, 5.74) is 1.42. The lowest BCUT2D eigenvalue weighted by Gasteiger charge is -2.16. The Balaban J connectivity index is 2.17. The van der Waals surface area contributed by atoms with Crippen molar-refractivity contribution in [2.45, 2.75) is 37.6 Å². The monoisotopic (exact) mass is 274 g/mol. The molecule has 0 bridgehead atoms. The fourth-order valence-corrected chi connectivity index (χ4v) is 3.97. The van der Waals surface area contributed by atoms with Crippen molar-refractivity contribution < 1.29 is 4.74 Å². The zero-order valence-electron chi connectivity index (χ0n) is 8.55. The number of thiophene rings is 1. The van der Waals surface area contributed by atoms with Crippen molar-refractivity contribution in [3.8, 4) is 0 Å². The lowest BCUT2D eigenvalue weighted by atomic mass is 10.1. The first-order valence-electron chi connectivity index (χ1n) is 5.01. The molecule has 1 aromatic rings. The normalized spacial score (nSPS) is 24.1. The number of alkyl halides is 1. The highest BCUT2D eigenvalue weighted by atomic mass is 79.9. The summed E-state index contributed by atoms with van der Waals surface area (Å²) < 4.78 is 5.69. The number of hydrogen-bond donors (Lipinski definition) is 0. The fraction of sp³-hybridized carbons (Fsp3) is 0.636. The van der Waals surface area contributed by atoms with E-state index in [-0.39, 0.29) is 0 Å². The van der Waals surface area contributed by atoms with Gasteiger partial charge in [0, 0.05) is 16.4 Å². The van der Waals surface area contributed by atoms with E-state index in [2.05, 4.69) is 35.8 Å². The van der Waals surface area contributed by atoms with Crippen molar-refractivity contribution in [2.75, 3.05) is 6.61 Å². The number of ether oxygens (including phenoxy) is 1. The molecule has 0 amide bonds. The molecule has 1 aromatic heterocycles. The van der Waals surface area contributed by atoms with Gasteiger partial charge >= 0.3 is 0 Å². The van der Waals surface area contributed by atoms with Crippen molar-refractivity contribution >= 4 is 27.3 Å². The molecule has 3 heteroatoms. The molecule has 2 unspecified atom stereocenters. The lowest BCUT2D eigenvalue weighted by molar-refractivity contribution is 0.110. The molecule has 14 heavy (non-hydrogen) atoms. The van der Waals surface area contributed by atoms with Gasteiger partial charge in [0.15, 0.2) is 0 Å². The first-order chi connectivity index (χ1) is 6.68. The average Bonchev–Trinajstić information content (AvgIpc) is 2.73. The molecule has 0 radical (unpaired) electrons. The second-order valence-corrected chi connectivity index (χ2v) is 6.27. The minimum atomic E-state index is 0.377. The molecular formula is C11H15BrOS. The van der Waals surface area contributed by atoms with E-state index in [1.807, 2.05) is 11.3 Å². The Morgan fingerprint density at radius 1 is 1.57 bits per heavy atom. The van der Waals surface area contributed by atoms with Crippen LogP contribution in [0, 0.1) is 13.8 Å². The predicted octanol–water partition coefficient (Wildman–Crippen LogP) is 3.98. The summed E-state index contributed by atoms with van der Waals surface area (Å²) in [5.74, 6) is 0. The van der Waals surface area contributed by atoms with Crippen LogP contribution in [-0.2, 0) is 4.74 Å². The van der Waals surface area contributed by atoms with E-state index in [1.54, 1.807) is 0 Å². The number of rotatable bonds is 2. The van der Waals surface area contributed by atoms with E-state index in [4.69, 9.17) is 4.74 Å². The summed E-state index contributed by atoms with van der Waals surface area (Å²) in [7, 11) is 0. The van der Waals surface area contributed by atoms with Gasteiger partial charge in [-0.1, -0.05) is 15.9 Å². The van der Waals surface area contributed by atoms with Gasteiger partial charge in [-0.3, -0.25) is 0 Å². The quantitative estimate of drug-likeness (QED) is 0.742. The van der Waals surface area contributed by atoms with Gasteiger partial charge in [-0.05, 0) is 38.3 Å². The molecule has 0 spiro atoms. The topological polar surface area (TPSA) is 9.23 Å². The molecule has 0 N–H and O–H groups in total. The molecule has 78 valence electrons. The Hall–Kier alpha value is 0.140. The van der Waals surface area contributed by atoms with E-state index < -0.39 is 0 Å². The highest BCUT2D eigenvalue weighted by molar-refractivity contribution is 9.09. The Bertz CT molecular complexity index is 315. The van der Waals surface area contributed by atoms with Crippen LogP contribution >= 0.6 is 27.3 Å². The SMILES string of the molecule is Cc1cc(C(Br)C2CCCO2)c(C)s1. The van der Waals surface area contributed by atoms with Crippen LogP contribution in [-0.4, -0.2) is 12.7 Å². The summed E-state index contributed by atoms with van der Waals surface area (Å²) in [4.78, 5) is 3.19. The summed E-state index contributed by atoms with van der Waals surface area (Å²) in [6, 6.07) is 2.28. The van der Waals surface area contributed by atoms with E-state index in [1.165, 1.54) is 28.2 Å². The molecule has 1 aliphatic heterocycles. The van der Waals surface area contributed by atoms with Gasteiger partial charge in [0.1, 0.15) is 0 Å². The van der Waals surface area contributed by atoms with Crippen LogP contribution in [0.5, 0.6) is 0 Å². The van der Waals surface area contributed by atoms with Crippen LogP contribution in [0.1, 0.15) is 33.0 Å². The van der Waals surface area contributed by atoms with Crippen molar-refractivity contribution in [1.29, 1.82) is 0 Å². The summed E-state index contributed by atoms with van der Waals surface area (Å²) in [6.45, 7) is 5.28. The molecule has 0 saturated carbocycles. The van der Waals surface area contributed by atoms with Gasteiger partial charge in [-0.15, -0.1) is 11.3 Å². The van der Waals surface area contributed by atoms with Crippen LogP contribution in [0.4, 0.5) is 0 Å². The molecule has 1 saturated heterocycles. The molecule has 2 atom stereocenters. The third-order valence-electron chi connectivity index (χ3n) is 2.67. The maximum Gasteiger partial charge on any atom is 0.0742 e. The first-order valence-corrected chi connectivity index (χ1v) is 6.74. The Morgan fingerprint density at radius 3 is 2.86 bits per heavy atom. The number of aryl methyl sites for hydroxylation is 2. The first kappa shape index (κ1) is 10.7. The molecule has 1 fully saturated rings. The number of halogens is 1. The Kier molecular flexibility index (Phi) is 3.30. The summed E-state index contributed by atoms with van der Waals surface area (Å²) >= 11 is 5.63. The molecule has 1 nitrogen and oxygen atoms in total. The molecule has 1 aliphatic rings. The van der Waals surface area contributed by atoms with Crippen LogP contribution in [0.25, 0.3) is 0 Å². The highest BCUT2D eigenvalue weighted by Crippen LogP contribution is 2.38. The van der Waals surface area contributed by atoms with Crippen LogP contribution in [0.2, 0.25) is 0 Å². The van der Waals surface area contributed by atoms with Gasteiger partial charge < -0.3 is 4.74 Å². The lowest BCUT2D eigenvalue weighted by Crippen LogP contribution is -2.12. The van der Waals surface area contributed by atoms with Crippen molar-refractivity contribution in [2.24, 2.45) is 0 Å². The van der Waals surface area contributed by atoms with Crippen LogP contribution in [0.3, 0.4) is 0 Å². The molecule has 2 rings (SSSR count). The van der Waals surface area contributed by atoms with Gasteiger partial charge in [-0.25, -0.2) is 0 Å². The minimum absolute atomic E-state index is 0.377. The third-order valence-corrected chi connectivity index (χ3v) is 4.73. The highest BCUT2D eigenvalue weighted by Gasteiger charge is 2.26. The summed E-state index contributed by atoms with van der Waals surface area (Å²) in [6.07, 6.45) is 2.77. The second kappa shape index (κ2) is 4.33. The Labute approximate surface area is 97.6 Å². The van der Waals surface area contributed by atoms with Gasteiger partial charge in [0.25, 0.3) is 0 Å². The zero-order valence-corrected chi connectivity index (χ0v) is 11.0. The van der Waals surface area contributed by atoms with Crippen LogP contribution < -0.4 is 0 Å². The summed E-state index contributed by atoms with van der Waals surface area (Å²) in [5, 5.41) is 0. The maximum absolute atomic E-state index is 5.69. The maximum atomic E-state index is 5.69. The fourth-order valence-electron chi connectivity index (χ4n) is 1.96. The van der Waals surface area contributed by atoms with Crippen molar-refractivity contribution in [3.63, 3.8) is 0 Å². The minimum Gasteiger partial charge on any atom is -0.377 e. The Morgan fingerprint density at radius 2 is 2.36 bits per heavy atom. The zero-order chi connectivity index (χ0) is 10.1. The van der Waals surface area contributed by atoms with Gasteiger partial charge in [0.05, 0.1) is 10.9 Å². The van der Waals surface area contributed by atoms with E-state index in [0.717, 1.165) is 6.61 Å². The van der Waals surface area contributed by atoms with E-state index in [9.17, 15) is 0 Å². The smallest absolute Gasteiger partial charge is 0.0742 e. The molecule has 2 heterocycles. The average molecular weight is 275 g/mol. The third kappa shape index (κ3) is 2.05. The molecule has 0 aliphatic carbocycles. The van der Waals surface area contributed by atoms with E-state index in [0.29, 0.717) is 10.9 Å². The molecule has 0 aromatic carbocycles. The predicted molar refractivity (Wildman–Crippen MR) is 64.4 cm³/mol.